The van der Waals surface area contributed by atoms with Crippen molar-refractivity contribution in [2.45, 2.75) is 32.1 Å². The van der Waals surface area contributed by atoms with Crippen LogP contribution in [0.25, 0.3) is 0 Å². The maximum absolute atomic E-state index is 11.8. The Morgan fingerprint density at radius 2 is 1.73 bits per heavy atom. The van der Waals surface area contributed by atoms with E-state index in [1.807, 2.05) is 0 Å². The van der Waals surface area contributed by atoms with Gasteiger partial charge in [-0.25, -0.2) is 4.39 Å². The van der Waals surface area contributed by atoms with Crippen LogP contribution >= 0.6 is 0 Å². The Kier molecular flexibility index (Phi) is 3.78. The third-order valence-electron chi connectivity index (χ3n) is 1.26. The molecule has 1 N–H and O–H groups in total. The van der Waals surface area contributed by atoms with E-state index in [-0.39, 0.29) is 0 Å². The summed E-state index contributed by atoms with van der Waals surface area (Å²) in [5, 5.41) is 2.07. The molecule has 0 saturated heterocycles. The van der Waals surface area contributed by atoms with E-state index < -0.39 is 24.9 Å². The maximum atomic E-state index is 11.8. The molecule has 0 amide bonds. The van der Waals surface area contributed by atoms with Gasteiger partial charge in [-0.2, -0.15) is 13.2 Å². The molecule has 0 fully saturated rings. The minimum absolute atomic E-state index is 0.744. The number of alkyl halides is 4. The highest BCUT2D eigenvalue weighted by molar-refractivity contribution is 4.72. The Bertz CT molecular complexity index is 112. The molecule has 0 aromatic carbocycles. The Morgan fingerprint density at radius 3 is 2.00 bits per heavy atom. The Hall–Kier alpha value is -0.320. The molecule has 0 saturated carbocycles. The molecule has 0 aliphatic carbocycles. The van der Waals surface area contributed by atoms with Gasteiger partial charge in [-0.3, -0.25) is 0 Å². The summed E-state index contributed by atoms with van der Waals surface area (Å²) < 4.78 is 47.0. The lowest BCUT2D eigenvalue weighted by Gasteiger charge is -2.19. The van der Waals surface area contributed by atoms with Crippen LogP contribution in [0.1, 0.15) is 13.8 Å². The predicted molar refractivity (Wildman–Crippen MR) is 34.1 cm³/mol. The minimum atomic E-state index is -4.29. The summed E-state index contributed by atoms with van der Waals surface area (Å²) in [5.74, 6) is 0. The van der Waals surface area contributed by atoms with Gasteiger partial charge < -0.3 is 5.32 Å². The molecule has 5 heteroatoms. The van der Waals surface area contributed by atoms with Crippen LogP contribution in [0.4, 0.5) is 17.6 Å². The summed E-state index contributed by atoms with van der Waals surface area (Å²) in [7, 11) is 0. The molecular weight excluding hydrogens is 162 g/mol. The van der Waals surface area contributed by atoms with Crippen molar-refractivity contribution in [3.63, 3.8) is 0 Å². The average Bonchev–Trinajstić information content (AvgIpc) is 1.85. The topological polar surface area (TPSA) is 12.0 Å². The summed E-state index contributed by atoms with van der Waals surface area (Å²) in [5.41, 5.74) is 0. The van der Waals surface area contributed by atoms with Crippen LogP contribution in [0.5, 0.6) is 0 Å². The van der Waals surface area contributed by atoms with E-state index in [0.29, 0.717) is 0 Å². The molecule has 68 valence electrons. The first-order valence-electron chi connectivity index (χ1n) is 3.26. The standard InChI is InChI=1S/C6H11F4N/c1-4(3-7)11-5(2)6(8,9)10/h4-5,11H,3H2,1-2H3. The van der Waals surface area contributed by atoms with Crippen LogP contribution in [0.3, 0.4) is 0 Å². The van der Waals surface area contributed by atoms with Crippen LogP contribution in [-0.2, 0) is 0 Å². The van der Waals surface area contributed by atoms with Crippen molar-refractivity contribution in [1.82, 2.24) is 5.32 Å². The van der Waals surface area contributed by atoms with Gasteiger partial charge in [0.1, 0.15) is 12.7 Å². The summed E-state index contributed by atoms with van der Waals surface area (Å²) in [4.78, 5) is 0. The molecule has 0 aliphatic rings. The van der Waals surface area contributed by atoms with Gasteiger partial charge in [-0.1, -0.05) is 0 Å². The van der Waals surface area contributed by atoms with E-state index in [1.165, 1.54) is 6.92 Å². The smallest absolute Gasteiger partial charge is 0.301 e. The maximum Gasteiger partial charge on any atom is 0.403 e. The zero-order valence-corrected chi connectivity index (χ0v) is 6.37. The first-order valence-corrected chi connectivity index (χ1v) is 3.26. The normalized spacial score (nSPS) is 18.0. The first kappa shape index (κ1) is 10.7. The fourth-order valence-corrected chi connectivity index (χ4v) is 0.566. The van der Waals surface area contributed by atoms with E-state index in [0.717, 1.165) is 6.92 Å². The van der Waals surface area contributed by atoms with Crippen molar-refractivity contribution >= 4 is 0 Å². The number of halogens is 4. The monoisotopic (exact) mass is 173 g/mol. The van der Waals surface area contributed by atoms with Gasteiger partial charge >= 0.3 is 6.18 Å². The van der Waals surface area contributed by atoms with Crippen molar-refractivity contribution in [3.05, 3.63) is 0 Å². The SMILES string of the molecule is CC(CF)NC(C)C(F)(F)F. The fraction of sp³-hybridized carbons (Fsp3) is 1.00. The highest BCUT2D eigenvalue weighted by Gasteiger charge is 2.36. The van der Waals surface area contributed by atoms with Crippen molar-refractivity contribution in [3.8, 4) is 0 Å². The number of rotatable bonds is 3. The lowest BCUT2D eigenvalue weighted by atomic mass is 10.3. The molecule has 0 aromatic rings. The number of hydrogen-bond donors (Lipinski definition) is 1. The van der Waals surface area contributed by atoms with E-state index in [2.05, 4.69) is 5.32 Å². The molecule has 0 rings (SSSR count). The molecule has 0 heterocycles. The molecule has 0 aromatic heterocycles. The quantitative estimate of drug-likeness (QED) is 0.642. The van der Waals surface area contributed by atoms with Crippen LogP contribution in [0, 0.1) is 0 Å². The summed E-state index contributed by atoms with van der Waals surface area (Å²) >= 11 is 0. The Morgan fingerprint density at radius 1 is 1.27 bits per heavy atom. The largest absolute Gasteiger partial charge is 0.403 e. The highest BCUT2D eigenvalue weighted by atomic mass is 19.4. The molecule has 0 bridgehead atoms. The molecule has 0 aliphatic heterocycles. The van der Waals surface area contributed by atoms with Crippen LogP contribution < -0.4 is 5.32 Å². The van der Waals surface area contributed by atoms with Crippen molar-refractivity contribution < 1.29 is 17.6 Å². The van der Waals surface area contributed by atoms with Crippen LogP contribution in [0.2, 0.25) is 0 Å². The predicted octanol–water partition coefficient (Wildman–Crippen LogP) is 1.88. The second-order valence-corrected chi connectivity index (χ2v) is 2.49. The van der Waals surface area contributed by atoms with Gasteiger partial charge in [-0.15, -0.1) is 0 Å². The van der Waals surface area contributed by atoms with Crippen molar-refractivity contribution in [2.24, 2.45) is 0 Å². The van der Waals surface area contributed by atoms with Gasteiger partial charge in [0.05, 0.1) is 0 Å². The Labute approximate surface area is 62.8 Å². The second-order valence-electron chi connectivity index (χ2n) is 2.49. The molecule has 2 atom stereocenters. The van der Waals surface area contributed by atoms with Crippen LogP contribution in [-0.4, -0.2) is 24.9 Å². The minimum Gasteiger partial charge on any atom is -0.301 e. The third kappa shape index (κ3) is 4.19. The number of nitrogens with one attached hydrogen (secondary N) is 1. The van der Waals surface area contributed by atoms with Crippen molar-refractivity contribution in [2.75, 3.05) is 6.67 Å². The lowest BCUT2D eigenvalue weighted by Crippen LogP contribution is -2.44. The van der Waals surface area contributed by atoms with Gasteiger partial charge in [0.15, 0.2) is 0 Å². The molecule has 1 nitrogen and oxygen atoms in total. The molecule has 2 unspecified atom stereocenters. The average molecular weight is 173 g/mol. The van der Waals surface area contributed by atoms with E-state index >= 15 is 0 Å². The highest BCUT2D eigenvalue weighted by Crippen LogP contribution is 2.19. The molecule has 0 spiro atoms. The van der Waals surface area contributed by atoms with Gasteiger partial charge in [0.25, 0.3) is 0 Å². The second kappa shape index (κ2) is 3.90. The zero-order valence-electron chi connectivity index (χ0n) is 6.37. The van der Waals surface area contributed by atoms with Gasteiger partial charge in [-0.05, 0) is 13.8 Å². The Balaban J connectivity index is 3.77. The fourth-order valence-electron chi connectivity index (χ4n) is 0.566. The lowest BCUT2D eigenvalue weighted by molar-refractivity contribution is -0.153. The summed E-state index contributed by atoms with van der Waals surface area (Å²) in [6.07, 6.45) is -4.29. The molecular formula is C6H11F4N. The van der Waals surface area contributed by atoms with Gasteiger partial charge in [0.2, 0.25) is 0 Å². The summed E-state index contributed by atoms with van der Waals surface area (Å²) in [6, 6.07) is -2.39. The molecule has 11 heavy (non-hydrogen) atoms. The van der Waals surface area contributed by atoms with Gasteiger partial charge in [0, 0.05) is 6.04 Å². The first-order chi connectivity index (χ1) is 4.88. The van der Waals surface area contributed by atoms with E-state index in [4.69, 9.17) is 0 Å². The zero-order chi connectivity index (χ0) is 9.07. The molecule has 0 radical (unpaired) electrons. The number of hydrogen-bond acceptors (Lipinski definition) is 1. The van der Waals surface area contributed by atoms with E-state index in [1.54, 1.807) is 0 Å². The van der Waals surface area contributed by atoms with E-state index in [9.17, 15) is 17.6 Å². The third-order valence-corrected chi connectivity index (χ3v) is 1.26. The van der Waals surface area contributed by atoms with Crippen LogP contribution in [0.15, 0.2) is 0 Å². The summed E-state index contributed by atoms with van der Waals surface area (Å²) in [6.45, 7) is 1.54. The van der Waals surface area contributed by atoms with Crippen molar-refractivity contribution in [1.29, 1.82) is 0 Å².